The molecule has 0 spiro atoms. The molecule has 0 aliphatic heterocycles. The highest BCUT2D eigenvalue weighted by atomic mass is 16.5. The minimum atomic E-state index is 0.486. The minimum Gasteiger partial charge on any atom is -0.485 e. The van der Waals surface area contributed by atoms with Crippen molar-refractivity contribution in [3.63, 3.8) is 0 Å². The zero-order valence-electron chi connectivity index (χ0n) is 10.3. The second-order valence-corrected chi connectivity index (χ2v) is 4.66. The van der Waals surface area contributed by atoms with E-state index in [0.29, 0.717) is 12.3 Å². The van der Waals surface area contributed by atoms with Gasteiger partial charge in [0.05, 0.1) is 5.69 Å². The van der Waals surface area contributed by atoms with Crippen molar-refractivity contribution in [3.05, 3.63) is 41.2 Å². The van der Waals surface area contributed by atoms with Crippen molar-refractivity contribution in [3.8, 4) is 5.75 Å². The predicted octanol–water partition coefficient (Wildman–Crippen LogP) is 2.45. The van der Waals surface area contributed by atoms with Gasteiger partial charge >= 0.3 is 0 Å². The molecule has 4 nitrogen and oxygen atoms in total. The molecule has 0 saturated carbocycles. The number of hydrogen-bond acceptors (Lipinski definition) is 3. The maximum absolute atomic E-state index is 5.84. The molecule has 1 heterocycles. The number of aromatic nitrogens is 2. The number of para-hydroxylation sites is 2. The number of nitrogens with two attached hydrogens (primary N) is 1. The molecule has 18 heavy (non-hydrogen) atoms. The molecule has 1 aliphatic rings. The molecule has 3 N–H and O–H groups in total. The number of fused-ring (bicyclic) bond motifs is 1. The van der Waals surface area contributed by atoms with Crippen LogP contribution in [0.1, 0.15) is 29.8 Å². The summed E-state index contributed by atoms with van der Waals surface area (Å²) in [6, 6.07) is 7.55. The Balaban J connectivity index is 1.74. The lowest BCUT2D eigenvalue weighted by molar-refractivity contribution is 0.301. The van der Waals surface area contributed by atoms with Crippen LogP contribution in [0.4, 0.5) is 5.69 Å². The number of nitrogens with one attached hydrogen (secondary N) is 1. The first-order chi connectivity index (χ1) is 8.84. The molecule has 0 saturated heterocycles. The largest absolute Gasteiger partial charge is 0.485 e. The predicted molar refractivity (Wildman–Crippen MR) is 70.4 cm³/mol. The van der Waals surface area contributed by atoms with Gasteiger partial charge in [0.2, 0.25) is 0 Å². The van der Waals surface area contributed by atoms with Crippen molar-refractivity contribution in [1.82, 2.24) is 10.2 Å². The fraction of sp³-hybridized carbons (Fsp3) is 0.357. The summed E-state index contributed by atoms with van der Waals surface area (Å²) in [7, 11) is 0. The Kier molecular flexibility index (Phi) is 2.92. The van der Waals surface area contributed by atoms with Crippen molar-refractivity contribution < 1.29 is 4.74 Å². The molecule has 0 fully saturated rings. The molecule has 94 valence electrons. The first-order valence-electron chi connectivity index (χ1n) is 6.37. The van der Waals surface area contributed by atoms with Crippen LogP contribution in [-0.4, -0.2) is 10.2 Å². The third-order valence-electron chi connectivity index (χ3n) is 3.43. The number of ether oxygens (including phenoxy) is 1. The summed E-state index contributed by atoms with van der Waals surface area (Å²) >= 11 is 0. The number of rotatable bonds is 3. The van der Waals surface area contributed by atoms with Crippen molar-refractivity contribution >= 4 is 5.69 Å². The topological polar surface area (TPSA) is 63.9 Å². The highest BCUT2D eigenvalue weighted by molar-refractivity contribution is 5.51. The molecule has 3 rings (SSSR count). The molecular weight excluding hydrogens is 226 g/mol. The maximum Gasteiger partial charge on any atom is 0.142 e. The van der Waals surface area contributed by atoms with Crippen LogP contribution in [0.5, 0.6) is 5.75 Å². The smallest absolute Gasteiger partial charge is 0.142 e. The first kappa shape index (κ1) is 11.1. The van der Waals surface area contributed by atoms with Gasteiger partial charge in [0.15, 0.2) is 0 Å². The average molecular weight is 243 g/mol. The fourth-order valence-electron chi connectivity index (χ4n) is 2.43. The number of anilines is 1. The van der Waals surface area contributed by atoms with E-state index < -0.39 is 0 Å². The van der Waals surface area contributed by atoms with Crippen molar-refractivity contribution in [2.24, 2.45) is 0 Å². The Morgan fingerprint density at radius 3 is 2.94 bits per heavy atom. The van der Waals surface area contributed by atoms with Gasteiger partial charge in [-0.3, -0.25) is 5.10 Å². The van der Waals surface area contributed by atoms with E-state index in [9.17, 15) is 0 Å². The monoisotopic (exact) mass is 243 g/mol. The molecule has 1 aromatic heterocycles. The van der Waals surface area contributed by atoms with Crippen LogP contribution in [0.2, 0.25) is 0 Å². The number of nitrogens with zero attached hydrogens (tertiary/aromatic N) is 1. The van der Waals surface area contributed by atoms with Gasteiger partial charge in [0.1, 0.15) is 18.1 Å². The van der Waals surface area contributed by atoms with Crippen LogP contribution in [-0.2, 0) is 19.4 Å². The summed E-state index contributed by atoms with van der Waals surface area (Å²) in [6.45, 7) is 0.486. The summed E-state index contributed by atoms with van der Waals surface area (Å²) in [5, 5.41) is 7.47. The standard InChI is InChI=1S/C14H17N3O/c15-11-6-2-4-8-14(11)18-9-13-10-5-1-3-7-12(10)16-17-13/h2,4,6,8H,1,3,5,7,9,15H2,(H,16,17). The molecule has 0 amide bonds. The second-order valence-electron chi connectivity index (χ2n) is 4.66. The van der Waals surface area contributed by atoms with E-state index in [4.69, 9.17) is 10.5 Å². The number of aryl methyl sites for hydroxylation is 1. The first-order valence-corrected chi connectivity index (χ1v) is 6.37. The van der Waals surface area contributed by atoms with Crippen LogP contribution in [0, 0.1) is 0 Å². The van der Waals surface area contributed by atoms with Crippen molar-refractivity contribution in [1.29, 1.82) is 0 Å². The number of benzene rings is 1. The zero-order valence-corrected chi connectivity index (χ0v) is 10.3. The second kappa shape index (κ2) is 4.72. The van der Waals surface area contributed by atoms with Crippen LogP contribution >= 0.6 is 0 Å². The highest BCUT2D eigenvalue weighted by Gasteiger charge is 2.17. The Labute approximate surface area is 106 Å². The lowest BCUT2D eigenvalue weighted by Crippen LogP contribution is -2.05. The third kappa shape index (κ3) is 2.06. The van der Waals surface area contributed by atoms with Crippen LogP contribution in [0.25, 0.3) is 0 Å². The quantitative estimate of drug-likeness (QED) is 0.814. The lowest BCUT2D eigenvalue weighted by atomic mass is 9.96. The molecule has 4 heteroatoms. The molecule has 1 aromatic carbocycles. The van der Waals surface area contributed by atoms with Gasteiger partial charge in [-0.05, 0) is 43.4 Å². The lowest BCUT2D eigenvalue weighted by Gasteiger charge is -2.12. The summed E-state index contributed by atoms with van der Waals surface area (Å²) in [5.41, 5.74) is 10.2. The molecule has 0 unspecified atom stereocenters. The Morgan fingerprint density at radius 1 is 1.22 bits per heavy atom. The Morgan fingerprint density at radius 2 is 2.06 bits per heavy atom. The fourth-order valence-corrected chi connectivity index (χ4v) is 2.43. The molecule has 0 bridgehead atoms. The molecule has 0 atom stereocenters. The number of aromatic amines is 1. The van der Waals surface area contributed by atoms with Crippen LogP contribution in [0.15, 0.2) is 24.3 Å². The Bertz CT molecular complexity index is 548. The number of nitrogen functional groups attached to an aromatic ring is 1. The van der Waals surface area contributed by atoms with E-state index in [1.807, 2.05) is 24.3 Å². The van der Waals surface area contributed by atoms with Gasteiger partial charge in [0.25, 0.3) is 0 Å². The van der Waals surface area contributed by atoms with E-state index >= 15 is 0 Å². The summed E-state index contributed by atoms with van der Waals surface area (Å²) in [6.07, 6.45) is 4.71. The van der Waals surface area contributed by atoms with E-state index in [0.717, 1.165) is 24.3 Å². The highest BCUT2D eigenvalue weighted by Crippen LogP contribution is 2.25. The maximum atomic E-state index is 5.84. The van der Waals surface area contributed by atoms with Crippen LogP contribution < -0.4 is 10.5 Å². The van der Waals surface area contributed by atoms with Crippen LogP contribution in [0.3, 0.4) is 0 Å². The summed E-state index contributed by atoms with van der Waals surface area (Å²) in [5.74, 6) is 0.727. The third-order valence-corrected chi connectivity index (χ3v) is 3.43. The van der Waals surface area contributed by atoms with E-state index in [1.165, 1.54) is 24.1 Å². The van der Waals surface area contributed by atoms with E-state index in [2.05, 4.69) is 10.2 Å². The summed E-state index contributed by atoms with van der Waals surface area (Å²) < 4.78 is 5.74. The van der Waals surface area contributed by atoms with Crippen molar-refractivity contribution in [2.45, 2.75) is 32.3 Å². The average Bonchev–Trinajstić information content (AvgIpc) is 2.81. The summed E-state index contributed by atoms with van der Waals surface area (Å²) in [4.78, 5) is 0. The van der Waals surface area contributed by atoms with Gasteiger partial charge in [-0.15, -0.1) is 0 Å². The molecule has 0 radical (unpaired) electrons. The van der Waals surface area contributed by atoms with Gasteiger partial charge in [0, 0.05) is 5.69 Å². The molecule has 1 aliphatic carbocycles. The molecule has 2 aromatic rings. The van der Waals surface area contributed by atoms with Gasteiger partial charge in [-0.25, -0.2) is 0 Å². The molecular formula is C14H17N3O. The normalized spacial score (nSPS) is 14.2. The number of hydrogen-bond donors (Lipinski definition) is 2. The minimum absolute atomic E-state index is 0.486. The SMILES string of the molecule is Nc1ccccc1OCc1n[nH]c2c1CCCC2. The van der Waals surface area contributed by atoms with E-state index in [1.54, 1.807) is 0 Å². The van der Waals surface area contributed by atoms with E-state index in [-0.39, 0.29) is 0 Å². The zero-order chi connectivity index (χ0) is 12.4. The van der Waals surface area contributed by atoms with Gasteiger partial charge < -0.3 is 10.5 Å². The van der Waals surface area contributed by atoms with Crippen molar-refractivity contribution in [2.75, 3.05) is 5.73 Å². The van der Waals surface area contributed by atoms with Gasteiger partial charge in [-0.2, -0.15) is 5.10 Å². The Hall–Kier alpha value is -1.97. The van der Waals surface area contributed by atoms with Gasteiger partial charge in [-0.1, -0.05) is 12.1 Å². The number of H-pyrrole nitrogens is 1.